The van der Waals surface area contributed by atoms with Crippen LogP contribution in [0, 0.1) is 0 Å². The molecule has 0 aliphatic carbocycles. The molecule has 0 unspecified atom stereocenters. The Morgan fingerprint density at radius 3 is 0.841 bits per heavy atom. The van der Waals surface area contributed by atoms with E-state index in [1.165, 1.54) is 27.8 Å². The van der Waals surface area contributed by atoms with Crippen LogP contribution in [0.15, 0.2) is 224 Å². The van der Waals surface area contributed by atoms with Crippen LogP contribution >= 0.6 is 0 Å². The van der Waals surface area contributed by atoms with Crippen LogP contribution in [0.4, 0.5) is 0 Å². The van der Waals surface area contributed by atoms with Gasteiger partial charge in [0.2, 0.25) is 0 Å². The van der Waals surface area contributed by atoms with Crippen molar-refractivity contribution < 1.29 is 0 Å². The first-order valence-electron chi connectivity index (χ1n) is 21.2. The summed E-state index contributed by atoms with van der Waals surface area (Å²) in [7, 11) is 0. The summed E-state index contributed by atoms with van der Waals surface area (Å²) >= 11 is 0. The Morgan fingerprint density at radius 2 is 0.476 bits per heavy atom. The first-order valence-corrected chi connectivity index (χ1v) is 21.2. The Balaban J connectivity index is 0.939. The van der Waals surface area contributed by atoms with Crippen LogP contribution in [0.1, 0.15) is 25.0 Å². The Bertz CT molecular complexity index is 2900. The van der Waals surface area contributed by atoms with Crippen LogP contribution in [0.2, 0.25) is 0 Å². The molecule has 300 valence electrons. The van der Waals surface area contributed by atoms with Gasteiger partial charge in [-0.3, -0.25) is 0 Å². The maximum absolute atomic E-state index is 5.09. The predicted octanol–water partition coefficient (Wildman–Crippen LogP) is 14.3. The normalized spacial score (nSPS) is 11.3. The van der Waals surface area contributed by atoms with E-state index in [-0.39, 0.29) is 5.41 Å². The molecule has 5 heteroatoms. The van der Waals surface area contributed by atoms with Gasteiger partial charge >= 0.3 is 0 Å². The van der Waals surface area contributed by atoms with Gasteiger partial charge in [-0.15, -0.1) is 0 Å². The van der Waals surface area contributed by atoms with E-state index >= 15 is 0 Å². The van der Waals surface area contributed by atoms with Crippen molar-refractivity contribution in [3.05, 3.63) is 236 Å². The number of nitrogens with zero attached hydrogens (tertiary/aromatic N) is 5. The number of hydrogen-bond acceptors (Lipinski definition) is 5. The molecule has 10 rings (SSSR count). The lowest BCUT2D eigenvalue weighted by atomic mass is 9.77. The van der Waals surface area contributed by atoms with Crippen LogP contribution in [0.3, 0.4) is 0 Å². The summed E-state index contributed by atoms with van der Waals surface area (Å²) in [6.07, 6.45) is 0. The van der Waals surface area contributed by atoms with Crippen LogP contribution in [-0.2, 0) is 5.41 Å². The summed E-state index contributed by atoms with van der Waals surface area (Å²) in [5.41, 5.74) is 14.4. The van der Waals surface area contributed by atoms with Gasteiger partial charge in [0.15, 0.2) is 23.3 Å². The Kier molecular flexibility index (Phi) is 10.6. The van der Waals surface area contributed by atoms with Crippen LogP contribution in [0.25, 0.3) is 90.3 Å². The maximum Gasteiger partial charge on any atom is 0.164 e. The van der Waals surface area contributed by atoms with Gasteiger partial charge < -0.3 is 0 Å². The first kappa shape index (κ1) is 39.0. The average Bonchev–Trinajstić information content (AvgIpc) is 3.37. The van der Waals surface area contributed by atoms with E-state index in [4.69, 9.17) is 24.9 Å². The van der Waals surface area contributed by atoms with Crippen LogP contribution < -0.4 is 0 Å². The molecule has 0 saturated carbocycles. The largest absolute Gasteiger partial charge is 0.228 e. The molecule has 0 bridgehead atoms. The predicted molar refractivity (Wildman–Crippen MR) is 257 cm³/mol. The van der Waals surface area contributed by atoms with E-state index in [1.54, 1.807) is 0 Å². The van der Waals surface area contributed by atoms with Crippen molar-refractivity contribution in [1.29, 1.82) is 0 Å². The third kappa shape index (κ3) is 8.33. The zero-order chi connectivity index (χ0) is 42.6. The van der Waals surface area contributed by atoms with E-state index in [0.29, 0.717) is 23.3 Å². The van der Waals surface area contributed by atoms with Gasteiger partial charge in [0.25, 0.3) is 0 Å². The minimum absolute atomic E-state index is 0.288. The highest BCUT2D eigenvalue weighted by Crippen LogP contribution is 2.36. The molecular weight excluding hydrogens is 767 g/mol. The molecule has 0 radical (unpaired) electrons. The van der Waals surface area contributed by atoms with Gasteiger partial charge in [0, 0.05) is 38.8 Å². The highest BCUT2D eigenvalue weighted by atomic mass is 15.0. The molecule has 2 heterocycles. The minimum Gasteiger partial charge on any atom is -0.228 e. The highest BCUT2D eigenvalue weighted by molar-refractivity contribution is 5.75. The molecule has 0 aliphatic rings. The van der Waals surface area contributed by atoms with Crippen molar-refractivity contribution >= 4 is 0 Å². The lowest BCUT2D eigenvalue weighted by Gasteiger charge is -2.26. The molecular formula is C58H43N5. The fraction of sp³-hybridized carbons (Fsp3) is 0.0517. The van der Waals surface area contributed by atoms with E-state index in [0.717, 1.165) is 50.3 Å². The lowest BCUT2D eigenvalue weighted by molar-refractivity contribution is 0.641. The van der Waals surface area contributed by atoms with Gasteiger partial charge in [0.05, 0.1) is 11.4 Å². The molecule has 5 nitrogen and oxygen atoms in total. The van der Waals surface area contributed by atoms with Crippen molar-refractivity contribution in [2.45, 2.75) is 19.3 Å². The van der Waals surface area contributed by atoms with Crippen molar-refractivity contribution in [3.63, 3.8) is 0 Å². The fourth-order valence-electron chi connectivity index (χ4n) is 7.98. The standard InChI is InChI=1S/C58H43N5/c1-58(2,50-35-31-45(32-36-50)53-39-52(59-54(60-53)46-19-11-5-12-20-46)44-27-23-42(24-28-44)40-15-7-3-8-16-40)51-37-33-49(34-38-51)57-62-55(47-21-13-6-14-22-47)61-56(63-57)48-29-25-43(26-30-48)41-17-9-4-10-18-41/h3-39H,1-2H3. The number of rotatable bonds is 10. The monoisotopic (exact) mass is 809 g/mol. The molecule has 8 aromatic carbocycles. The van der Waals surface area contributed by atoms with Gasteiger partial charge in [-0.05, 0) is 39.4 Å². The molecule has 10 aromatic rings. The van der Waals surface area contributed by atoms with Gasteiger partial charge in [-0.1, -0.05) is 232 Å². The quantitative estimate of drug-likeness (QED) is 0.138. The molecule has 0 amide bonds. The fourth-order valence-corrected chi connectivity index (χ4v) is 7.98. The summed E-state index contributed by atoms with van der Waals surface area (Å²) in [6, 6.07) is 77.6. The van der Waals surface area contributed by atoms with Crippen LogP contribution in [0.5, 0.6) is 0 Å². The number of hydrogen-bond donors (Lipinski definition) is 0. The average molecular weight is 810 g/mol. The van der Waals surface area contributed by atoms with Crippen molar-refractivity contribution in [1.82, 2.24) is 24.9 Å². The van der Waals surface area contributed by atoms with E-state index < -0.39 is 0 Å². The summed E-state index contributed by atoms with van der Waals surface area (Å²) in [6.45, 7) is 4.53. The SMILES string of the molecule is CC(C)(c1ccc(-c2cc(-c3ccc(-c4ccccc4)cc3)nc(-c3ccccc3)n2)cc1)c1ccc(-c2nc(-c3ccccc3)nc(-c3ccc(-c4ccccc4)cc3)n2)cc1. The summed E-state index contributed by atoms with van der Waals surface area (Å²) in [5.74, 6) is 2.60. The summed E-state index contributed by atoms with van der Waals surface area (Å²) in [5, 5.41) is 0. The molecule has 63 heavy (non-hydrogen) atoms. The topological polar surface area (TPSA) is 64.5 Å². The maximum atomic E-state index is 5.09. The van der Waals surface area contributed by atoms with Gasteiger partial charge in [0.1, 0.15) is 0 Å². The molecule has 0 atom stereocenters. The van der Waals surface area contributed by atoms with Crippen molar-refractivity contribution in [3.8, 4) is 90.3 Å². The second-order valence-electron chi connectivity index (χ2n) is 16.2. The number of benzene rings is 8. The van der Waals surface area contributed by atoms with E-state index in [1.807, 2.05) is 60.7 Å². The van der Waals surface area contributed by atoms with Crippen molar-refractivity contribution in [2.24, 2.45) is 0 Å². The third-order valence-electron chi connectivity index (χ3n) is 11.7. The number of aromatic nitrogens is 5. The second-order valence-corrected chi connectivity index (χ2v) is 16.2. The summed E-state index contributed by atoms with van der Waals surface area (Å²) in [4.78, 5) is 25.1. The Labute approximate surface area is 368 Å². The Morgan fingerprint density at radius 1 is 0.238 bits per heavy atom. The molecule has 2 aromatic heterocycles. The van der Waals surface area contributed by atoms with Gasteiger partial charge in [-0.25, -0.2) is 24.9 Å². The zero-order valence-corrected chi connectivity index (χ0v) is 35.1. The van der Waals surface area contributed by atoms with E-state index in [9.17, 15) is 0 Å². The molecule has 0 N–H and O–H groups in total. The highest BCUT2D eigenvalue weighted by Gasteiger charge is 2.24. The molecule has 0 spiro atoms. The van der Waals surface area contributed by atoms with Gasteiger partial charge in [-0.2, -0.15) is 0 Å². The van der Waals surface area contributed by atoms with Crippen LogP contribution in [-0.4, -0.2) is 24.9 Å². The lowest BCUT2D eigenvalue weighted by Crippen LogP contribution is -2.18. The molecule has 0 aliphatic heterocycles. The van der Waals surface area contributed by atoms with Crippen molar-refractivity contribution in [2.75, 3.05) is 0 Å². The zero-order valence-electron chi connectivity index (χ0n) is 35.1. The molecule has 0 saturated heterocycles. The first-order chi connectivity index (χ1) is 30.9. The van der Waals surface area contributed by atoms with E-state index in [2.05, 4.69) is 178 Å². The smallest absolute Gasteiger partial charge is 0.164 e. The summed E-state index contributed by atoms with van der Waals surface area (Å²) < 4.78 is 0. The minimum atomic E-state index is -0.288. The second kappa shape index (κ2) is 17.1. The third-order valence-corrected chi connectivity index (χ3v) is 11.7. The Hall–Kier alpha value is -8.15. The molecule has 0 fully saturated rings.